The van der Waals surface area contributed by atoms with E-state index in [-0.39, 0.29) is 5.91 Å². The Labute approximate surface area is 134 Å². The summed E-state index contributed by atoms with van der Waals surface area (Å²) in [5, 5.41) is 9.93. The lowest BCUT2D eigenvalue weighted by molar-refractivity contribution is -0.116. The van der Waals surface area contributed by atoms with Gasteiger partial charge in [0.05, 0.1) is 11.7 Å². The quantitative estimate of drug-likeness (QED) is 0.918. The third kappa shape index (κ3) is 3.53. The molecule has 22 heavy (non-hydrogen) atoms. The van der Waals surface area contributed by atoms with Crippen molar-refractivity contribution in [3.05, 3.63) is 29.0 Å². The van der Waals surface area contributed by atoms with Crippen molar-refractivity contribution in [1.29, 1.82) is 0 Å². The van der Waals surface area contributed by atoms with E-state index in [0.717, 1.165) is 31.7 Å². The predicted octanol–water partition coefficient (Wildman–Crippen LogP) is 2.23. The number of likely N-dealkylation sites (tertiary alicyclic amines) is 1. The number of aromatic nitrogens is 3. The second-order valence-corrected chi connectivity index (χ2v) is 6.64. The maximum atomic E-state index is 11.9. The van der Waals surface area contributed by atoms with Crippen LogP contribution in [0.25, 0.3) is 0 Å². The predicted molar refractivity (Wildman–Crippen MR) is 87.2 cm³/mol. The summed E-state index contributed by atoms with van der Waals surface area (Å²) in [7, 11) is 0. The Kier molecular flexibility index (Phi) is 4.54. The van der Waals surface area contributed by atoms with E-state index in [2.05, 4.69) is 38.0 Å². The number of anilines is 1. The highest BCUT2D eigenvalue weighted by atomic mass is 32.1. The summed E-state index contributed by atoms with van der Waals surface area (Å²) in [5.41, 5.74) is 2.28. The van der Waals surface area contributed by atoms with Crippen LogP contribution in [0, 0.1) is 13.8 Å². The van der Waals surface area contributed by atoms with Gasteiger partial charge < -0.3 is 10.2 Å². The number of rotatable bonds is 5. The standard InChI is InChI=1S/C15H21N5OS/c1-11-9-12(2)20(18-11)13-3-6-19(10-13)7-4-14(21)17-15-16-5-8-22-15/h5,8-9,13H,3-4,6-7,10H2,1-2H3,(H,16,17,21)/t13-/m1/s1. The minimum Gasteiger partial charge on any atom is -0.302 e. The molecule has 2 aromatic rings. The van der Waals surface area contributed by atoms with Crippen LogP contribution in [0.1, 0.15) is 30.3 Å². The van der Waals surface area contributed by atoms with Gasteiger partial charge in [-0.3, -0.25) is 9.48 Å². The van der Waals surface area contributed by atoms with Crippen molar-refractivity contribution < 1.29 is 4.79 Å². The van der Waals surface area contributed by atoms with Crippen LogP contribution in [-0.2, 0) is 4.79 Å². The normalized spacial score (nSPS) is 18.7. The van der Waals surface area contributed by atoms with Crippen molar-refractivity contribution in [2.45, 2.75) is 32.7 Å². The Morgan fingerprint density at radius 3 is 3.05 bits per heavy atom. The third-order valence-electron chi connectivity index (χ3n) is 3.97. The molecular weight excluding hydrogens is 298 g/mol. The number of carbonyl (C=O) groups excluding carboxylic acids is 1. The second-order valence-electron chi connectivity index (χ2n) is 5.75. The lowest BCUT2D eigenvalue weighted by Gasteiger charge is -2.16. The molecule has 0 aromatic carbocycles. The van der Waals surface area contributed by atoms with Crippen LogP contribution in [0.2, 0.25) is 0 Å². The Morgan fingerprint density at radius 2 is 2.36 bits per heavy atom. The Morgan fingerprint density at radius 1 is 1.50 bits per heavy atom. The molecule has 1 atom stereocenters. The number of thiazole rings is 1. The molecule has 0 bridgehead atoms. The van der Waals surface area contributed by atoms with Crippen molar-refractivity contribution in [2.24, 2.45) is 0 Å². The van der Waals surface area contributed by atoms with Gasteiger partial charge in [0, 0.05) is 43.3 Å². The first kappa shape index (κ1) is 15.2. The van der Waals surface area contributed by atoms with Crippen LogP contribution in [0.3, 0.4) is 0 Å². The lowest BCUT2D eigenvalue weighted by Crippen LogP contribution is -2.26. The molecule has 0 radical (unpaired) electrons. The largest absolute Gasteiger partial charge is 0.302 e. The van der Waals surface area contributed by atoms with Gasteiger partial charge >= 0.3 is 0 Å². The number of nitrogens with zero attached hydrogens (tertiary/aromatic N) is 4. The van der Waals surface area contributed by atoms with E-state index in [4.69, 9.17) is 0 Å². The minimum atomic E-state index is 0.0320. The Balaban J connectivity index is 1.47. The molecule has 3 heterocycles. The summed E-state index contributed by atoms with van der Waals surface area (Å²) in [6.07, 6.45) is 3.29. The topological polar surface area (TPSA) is 63.1 Å². The highest BCUT2D eigenvalue weighted by Gasteiger charge is 2.25. The van der Waals surface area contributed by atoms with Gasteiger partial charge in [-0.25, -0.2) is 4.98 Å². The first-order chi connectivity index (χ1) is 10.6. The summed E-state index contributed by atoms with van der Waals surface area (Å²) in [6, 6.07) is 2.54. The zero-order valence-corrected chi connectivity index (χ0v) is 13.8. The molecule has 2 aromatic heterocycles. The molecule has 1 aliphatic rings. The summed E-state index contributed by atoms with van der Waals surface area (Å²) in [6.45, 7) is 6.90. The van der Waals surface area contributed by atoms with E-state index < -0.39 is 0 Å². The average Bonchev–Trinajstić information content (AvgIpc) is 3.18. The van der Waals surface area contributed by atoms with Gasteiger partial charge in [0.1, 0.15) is 0 Å². The van der Waals surface area contributed by atoms with E-state index in [1.54, 1.807) is 6.20 Å². The van der Waals surface area contributed by atoms with Crippen LogP contribution < -0.4 is 5.32 Å². The molecule has 0 unspecified atom stereocenters. The fraction of sp³-hybridized carbons (Fsp3) is 0.533. The Bertz CT molecular complexity index is 636. The molecular formula is C15H21N5OS. The molecule has 0 saturated carbocycles. The fourth-order valence-electron chi connectivity index (χ4n) is 2.96. The minimum absolute atomic E-state index is 0.0320. The second kappa shape index (κ2) is 6.58. The number of aryl methyl sites for hydroxylation is 2. The first-order valence-corrected chi connectivity index (χ1v) is 8.44. The van der Waals surface area contributed by atoms with Crippen molar-refractivity contribution in [3.63, 3.8) is 0 Å². The first-order valence-electron chi connectivity index (χ1n) is 7.56. The van der Waals surface area contributed by atoms with E-state index in [1.807, 2.05) is 12.3 Å². The van der Waals surface area contributed by atoms with Crippen LogP contribution in [0.5, 0.6) is 0 Å². The van der Waals surface area contributed by atoms with Gasteiger partial charge in [-0.1, -0.05) is 0 Å². The molecule has 1 saturated heterocycles. The third-order valence-corrected chi connectivity index (χ3v) is 4.66. The van der Waals surface area contributed by atoms with E-state index >= 15 is 0 Å². The smallest absolute Gasteiger partial charge is 0.227 e. The van der Waals surface area contributed by atoms with Crippen LogP contribution >= 0.6 is 11.3 Å². The molecule has 6 nitrogen and oxygen atoms in total. The molecule has 1 N–H and O–H groups in total. The van der Waals surface area contributed by atoms with E-state index in [9.17, 15) is 4.79 Å². The molecule has 0 spiro atoms. The SMILES string of the molecule is Cc1cc(C)n([C@@H]2CCN(CCC(=O)Nc3nccs3)C2)n1. The molecule has 7 heteroatoms. The summed E-state index contributed by atoms with van der Waals surface area (Å²) < 4.78 is 2.13. The number of hydrogen-bond acceptors (Lipinski definition) is 5. The van der Waals surface area contributed by atoms with Crippen molar-refractivity contribution in [2.75, 3.05) is 25.0 Å². The number of carbonyl (C=O) groups is 1. The summed E-state index contributed by atoms with van der Waals surface area (Å²) in [4.78, 5) is 18.3. The molecule has 118 valence electrons. The van der Waals surface area contributed by atoms with Crippen molar-refractivity contribution in [3.8, 4) is 0 Å². The Hall–Kier alpha value is -1.73. The number of hydrogen-bond donors (Lipinski definition) is 1. The van der Waals surface area contributed by atoms with Gasteiger partial charge in [-0.2, -0.15) is 5.10 Å². The molecule has 0 aliphatic carbocycles. The maximum absolute atomic E-state index is 11.9. The van der Waals surface area contributed by atoms with Crippen LogP contribution in [-0.4, -0.2) is 45.2 Å². The monoisotopic (exact) mass is 319 g/mol. The number of amides is 1. The van der Waals surface area contributed by atoms with Gasteiger partial charge in [-0.05, 0) is 26.3 Å². The van der Waals surface area contributed by atoms with E-state index in [1.165, 1.54) is 17.0 Å². The van der Waals surface area contributed by atoms with Crippen molar-refractivity contribution in [1.82, 2.24) is 19.7 Å². The maximum Gasteiger partial charge on any atom is 0.227 e. The fourth-order valence-corrected chi connectivity index (χ4v) is 3.50. The number of nitrogens with one attached hydrogen (secondary N) is 1. The van der Waals surface area contributed by atoms with Crippen molar-refractivity contribution >= 4 is 22.4 Å². The van der Waals surface area contributed by atoms with Crippen LogP contribution in [0.4, 0.5) is 5.13 Å². The van der Waals surface area contributed by atoms with Gasteiger partial charge in [0.25, 0.3) is 0 Å². The summed E-state index contributed by atoms with van der Waals surface area (Å²) in [5.74, 6) is 0.0320. The van der Waals surface area contributed by atoms with Gasteiger partial charge in [0.2, 0.25) is 5.91 Å². The van der Waals surface area contributed by atoms with Gasteiger partial charge in [0.15, 0.2) is 5.13 Å². The molecule has 1 amide bonds. The lowest BCUT2D eigenvalue weighted by atomic mass is 10.2. The zero-order chi connectivity index (χ0) is 15.5. The highest BCUT2D eigenvalue weighted by Crippen LogP contribution is 2.23. The zero-order valence-electron chi connectivity index (χ0n) is 13.0. The molecule has 3 rings (SSSR count). The van der Waals surface area contributed by atoms with Gasteiger partial charge in [-0.15, -0.1) is 11.3 Å². The molecule has 1 fully saturated rings. The van der Waals surface area contributed by atoms with Crippen LogP contribution in [0.15, 0.2) is 17.6 Å². The molecule has 1 aliphatic heterocycles. The highest BCUT2D eigenvalue weighted by molar-refractivity contribution is 7.13. The van der Waals surface area contributed by atoms with E-state index in [0.29, 0.717) is 17.6 Å². The average molecular weight is 319 g/mol. The summed E-state index contributed by atoms with van der Waals surface area (Å²) >= 11 is 1.44.